The average molecular weight is 326 g/mol. The van der Waals surface area contributed by atoms with E-state index in [1.165, 1.54) is 25.2 Å². The fourth-order valence-electron chi connectivity index (χ4n) is 3.33. The minimum Gasteiger partial charge on any atom is -0.468 e. The van der Waals surface area contributed by atoms with Gasteiger partial charge in [0.2, 0.25) is 0 Å². The van der Waals surface area contributed by atoms with Crippen LogP contribution in [-0.4, -0.2) is 34.5 Å². The summed E-state index contributed by atoms with van der Waals surface area (Å²) in [4.78, 5) is 10.7. The SMILES string of the molecule is Fc1cccc2c(NCC(c3ccco3)N3CCCC3)ncnc12. The molecule has 1 aliphatic rings. The molecule has 0 spiro atoms. The number of halogens is 1. The van der Waals surface area contributed by atoms with Crippen molar-refractivity contribution >= 4 is 16.7 Å². The van der Waals surface area contributed by atoms with Gasteiger partial charge in [0.05, 0.1) is 12.3 Å². The molecule has 1 aromatic carbocycles. The predicted octanol–water partition coefficient (Wildman–Crippen LogP) is 3.61. The Bertz CT molecular complexity index is 815. The molecule has 2 aromatic heterocycles. The molecule has 0 amide bonds. The molecule has 24 heavy (non-hydrogen) atoms. The molecule has 0 bridgehead atoms. The topological polar surface area (TPSA) is 54.2 Å². The third-order valence-corrected chi connectivity index (χ3v) is 4.53. The van der Waals surface area contributed by atoms with Crippen LogP contribution in [0.15, 0.2) is 47.3 Å². The van der Waals surface area contributed by atoms with Crippen molar-refractivity contribution in [2.75, 3.05) is 25.0 Å². The second-order valence-corrected chi connectivity index (χ2v) is 6.01. The van der Waals surface area contributed by atoms with E-state index in [-0.39, 0.29) is 11.9 Å². The first-order valence-corrected chi connectivity index (χ1v) is 8.23. The Morgan fingerprint density at radius 1 is 1.17 bits per heavy atom. The molecule has 124 valence electrons. The third kappa shape index (κ3) is 2.85. The normalized spacial score (nSPS) is 16.5. The number of nitrogens with zero attached hydrogens (tertiary/aromatic N) is 3. The van der Waals surface area contributed by atoms with Gasteiger partial charge in [0.15, 0.2) is 0 Å². The van der Waals surface area contributed by atoms with Crippen molar-refractivity contribution in [3.8, 4) is 0 Å². The van der Waals surface area contributed by atoms with Crippen LogP contribution in [-0.2, 0) is 0 Å². The molecule has 3 aromatic rings. The number of benzene rings is 1. The number of hydrogen-bond acceptors (Lipinski definition) is 5. The number of fused-ring (bicyclic) bond motifs is 1. The molecular weight excluding hydrogens is 307 g/mol. The van der Waals surface area contributed by atoms with Gasteiger partial charge in [-0.25, -0.2) is 14.4 Å². The summed E-state index contributed by atoms with van der Waals surface area (Å²) in [6, 6.07) is 8.97. The minimum absolute atomic E-state index is 0.140. The van der Waals surface area contributed by atoms with Crippen molar-refractivity contribution in [3.63, 3.8) is 0 Å². The van der Waals surface area contributed by atoms with Crippen LogP contribution in [0.5, 0.6) is 0 Å². The number of anilines is 1. The van der Waals surface area contributed by atoms with E-state index in [0.29, 0.717) is 23.3 Å². The van der Waals surface area contributed by atoms with E-state index in [2.05, 4.69) is 20.2 Å². The van der Waals surface area contributed by atoms with E-state index in [1.807, 2.05) is 18.2 Å². The number of hydrogen-bond donors (Lipinski definition) is 1. The van der Waals surface area contributed by atoms with Gasteiger partial charge in [-0.15, -0.1) is 0 Å². The quantitative estimate of drug-likeness (QED) is 0.776. The molecule has 1 saturated heterocycles. The van der Waals surface area contributed by atoms with E-state index >= 15 is 0 Å². The van der Waals surface area contributed by atoms with Crippen molar-refractivity contribution in [2.24, 2.45) is 0 Å². The highest BCUT2D eigenvalue weighted by Crippen LogP contribution is 2.27. The van der Waals surface area contributed by atoms with Gasteiger partial charge in [-0.1, -0.05) is 6.07 Å². The van der Waals surface area contributed by atoms with Crippen LogP contribution in [0.25, 0.3) is 10.9 Å². The molecule has 0 radical (unpaired) electrons. The lowest BCUT2D eigenvalue weighted by atomic mass is 10.2. The summed E-state index contributed by atoms with van der Waals surface area (Å²) in [7, 11) is 0. The Morgan fingerprint density at radius 2 is 2.04 bits per heavy atom. The van der Waals surface area contributed by atoms with Crippen LogP contribution in [0.1, 0.15) is 24.6 Å². The van der Waals surface area contributed by atoms with Gasteiger partial charge in [0, 0.05) is 11.9 Å². The lowest BCUT2D eigenvalue weighted by Gasteiger charge is -2.26. The Hall–Kier alpha value is -2.47. The highest BCUT2D eigenvalue weighted by Gasteiger charge is 2.25. The predicted molar refractivity (Wildman–Crippen MR) is 90.2 cm³/mol. The van der Waals surface area contributed by atoms with Crippen molar-refractivity contribution < 1.29 is 8.81 Å². The maximum Gasteiger partial charge on any atom is 0.149 e. The van der Waals surface area contributed by atoms with Gasteiger partial charge in [0.1, 0.15) is 29.2 Å². The van der Waals surface area contributed by atoms with Gasteiger partial charge in [-0.05, 0) is 50.2 Å². The van der Waals surface area contributed by atoms with Crippen LogP contribution >= 0.6 is 0 Å². The number of aromatic nitrogens is 2. The summed E-state index contributed by atoms with van der Waals surface area (Å²) in [5.74, 6) is 1.25. The van der Waals surface area contributed by atoms with E-state index < -0.39 is 0 Å². The lowest BCUT2D eigenvalue weighted by Crippen LogP contribution is -2.31. The van der Waals surface area contributed by atoms with Gasteiger partial charge in [0.25, 0.3) is 0 Å². The Balaban J connectivity index is 1.59. The molecule has 1 unspecified atom stereocenters. The third-order valence-electron chi connectivity index (χ3n) is 4.53. The number of rotatable bonds is 5. The second kappa shape index (κ2) is 6.57. The molecule has 1 atom stereocenters. The van der Waals surface area contributed by atoms with Gasteiger partial charge in [-0.3, -0.25) is 4.90 Å². The van der Waals surface area contributed by atoms with Crippen LogP contribution < -0.4 is 5.32 Å². The first-order chi connectivity index (χ1) is 11.8. The summed E-state index contributed by atoms with van der Waals surface area (Å²) in [5.41, 5.74) is 0.339. The van der Waals surface area contributed by atoms with Crippen LogP contribution in [0.3, 0.4) is 0 Å². The molecule has 4 rings (SSSR count). The molecule has 1 N–H and O–H groups in total. The number of furan rings is 1. The van der Waals surface area contributed by atoms with Crippen molar-refractivity contribution in [3.05, 3.63) is 54.5 Å². The molecule has 0 saturated carbocycles. The minimum atomic E-state index is -0.333. The zero-order valence-electron chi connectivity index (χ0n) is 13.3. The zero-order valence-corrected chi connectivity index (χ0v) is 13.3. The molecule has 1 aliphatic heterocycles. The highest BCUT2D eigenvalue weighted by molar-refractivity contribution is 5.89. The average Bonchev–Trinajstić information content (AvgIpc) is 3.30. The van der Waals surface area contributed by atoms with Crippen molar-refractivity contribution in [2.45, 2.75) is 18.9 Å². The van der Waals surface area contributed by atoms with Gasteiger partial charge < -0.3 is 9.73 Å². The molecule has 1 fully saturated rings. The van der Waals surface area contributed by atoms with Crippen molar-refractivity contribution in [1.82, 2.24) is 14.9 Å². The zero-order chi connectivity index (χ0) is 16.4. The largest absolute Gasteiger partial charge is 0.468 e. The lowest BCUT2D eigenvalue weighted by molar-refractivity contribution is 0.225. The smallest absolute Gasteiger partial charge is 0.149 e. The maximum absolute atomic E-state index is 13.9. The summed E-state index contributed by atoms with van der Waals surface area (Å²) in [6.45, 7) is 2.77. The number of para-hydroxylation sites is 1. The summed E-state index contributed by atoms with van der Waals surface area (Å²) < 4.78 is 19.5. The Morgan fingerprint density at radius 3 is 2.83 bits per heavy atom. The summed E-state index contributed by atoms with van der Waals surface area (Å²) in [6.07, 6.45) is 5.51. The summed E-state index contributed by atoms with van der Waals surface area (Å²) in [5, 5.41) is 4.05. The van der Waals surface area contributed by atoms with E-state index in [4.69, 9.17) is 4.42 Å². The molecule has 3 heterocycles. The summed E-state index contributed by atoms with van der Waals surface area (Å²) >= 11 is 0. The van der Waals surface area contributed by atoms with E-state index in [0.717, 1.165) is 18.8 Å². The van der Waals surface area contributed by atoms with Gasteiger partial charge in [-0.2, -0.15) is 0 Å². The standard InChI is InChI=1S/C18H19FN4O/c19-14-6-3-5-13-17(14)21-12-22-18(13)20-11-15(16-7-4-10-24-16)23-8-1-2-9-23/h3-7,10,12,15H,1-2,8-9,11H2,(H,20,21,22). The Kier molecular flexibility index (Phi) is 4.13. The van der Waals surface area contributed by atoms with Crippen LogP contribution in [0.2, 0.25) is 0 Å². The Labute approximate surface area is 139 Å². The fraction of sp³-hybridized carbons (Fsp3) is 0.333. The molecular formula is C18H19FN4O. The first kappa shape index (κ1) is 15.1. The van der Waals surface area contributed by atoms with Crippen LogP contribution in [0.4, 0.5) is 10.2 Å². The second-order valence-electron chi connectivity index (χ2n) is 6.01. The van der Waals surface area contributed by atoms with Gasteiger partial charge >= 0.3 is 0 Å². The molecule has 0 aliphatic carbocycles. The molecule has 5 nitrogen and oxygen atoms in total. The number of nitrogens with one attached hydrogen (secondary N) is 1. The molecule has 6 heteroatoms. The van der Waals surface area contributed by atoms with Crippen molar-refractivity contribution in [1.29, 1.82) is 0 Å². The number of likely N-dealkylation sites (tertiary alicyclic amines) is 1. The first-order valence-electron chi connectivity index (χ1n) is 8.23. The fourth-order valence-corrected chi connectivity index (χ4v) is 3.33. The maximum atomic E-state index is 13.9. The van der Waals surface area contributed by atoms with E-state index in [1.54, 1.807) is 12.3 Å². The van der Waals surface area contributed by atoms with Crippen LogP contribution in [0, 0.1) is 5.82 Å². The monoisotopic (exact) mass is 326 g/mol. The van der Waals surface area contributed by atoms with E-state index in [9.17, 15) is 4.39 Å². The highest BCUT2D eigenvalue weighted by atomic mass is 19.1.